The molecule has 0 bridgehead atoms. The SMILES string of the molecule is CNC(=O)C1=C[C@@H](c2ccc(F)cc2)C[C@@H](OCCN(CCO)S(=O)(=O)c2ccc(OC)cc2)O1. The van der Waals surface area contributed by atoms with Crippen molar-refractivity contribution in [3.63, 3.8) is 0 Å². The molecule has 11 heteroatoms. The fraction of sp³-hybridized carbons (Fsp3) is 0.375. The molecule has 0 unspecified atom stereocenters. The van der Waals surface area contributed by atoms with Crippen LogP contribution in [0.1, 0.15) is 17.9 Å². The Bertz CT molecular complexity index is 1120. The largest absolute Gasteiger partial charge is 0.497 e. The summed E-state index contributed by atoms with van der Waals surface area (Å²) < 4.78 is 57.1. The van der Waals surface area contributed by atoms with Gasteiger partial charge in [-0.25, -0.2) is 12.8 Å². The smallest absolute Gasteiger partial charge is 0.285 e. The van der Waals surface area contributed by atoms with Crippen LogP contribution < -0.4 is 10.1 Å². The summed E-state index contributed by atoms with van der Waals surface area (Å²) in [7, 11) is -0.935. The Labute approximate surface area is 204 Å². The number of nitrogens with one attached hydrogen (secondary N) is 1. The topological polar surface area (TPSA) is 114 Å². The number of nitrogens with zero attached hydrogens (tertiary/aromatic N) is 1. The summed E-state index contributed by atoms with van der Waals surface area (Å²) in [5.41, 5.74) is 0.786. The second kappa shape index (κ2) is 12.1. The van der Waals surface area contributed by atoms with Crippen molar-refractivity contribution in [2.45, 2.75) is 23.5 Å². The first-order valence-electron chi connectivity index (χ1n) is 11.0. The van der Waals surface area contributed by atoms with E-state index in [1.165, 1.54) is 38.4 Å². The first kappa shape index (κ1) is 26.6. The molecule has 1 heterocycles. The molecule has 190 valence electrons. The van der Waals surface area contributed by atoms with Gasteiger partial charge < -0.3 is 24.6 Å². The zero-order valence-electron chi connectivity index (χ0n) is 19.5. The Balaban J connectivity index is 1.69. The first-order valence-corrected chi connectivity index (χ1v) is 12.4. The fourth-order valence-corrected chi connectivity index (χ4v) is 5.05. The second-order valence-electron chi connectivity index (χ2n) is 7.73. The molecule has 3 rings (SSSR count). The number of ether oxygens (including phenoxy) is 3. The van der Waals surface area contributed by atoms with E-state index in [-0.39, 0.29) is 48.7 Å². The van der Waals surface area contributed by atoms with Crippen molar-refractivity contribution >= 4 is 15.9 Å². The Morgan fingerprint density at radius 1 is 1.17 bits per heavy atom. The summed E-state index contributed by atoms with van der Waals surface area (Å²) >= 11 is 0. The molecule has 1 aliphatic heterocycles. The van der Waals surface area contributed by atoms with E-state index >= 15 is 0 Å². The number of methoxy groups -OCH3 is 1. The number of hydrogen-bond donors (Lipinski definition) is 2. The molecule has 0 spiro atoms. The fourth-order valence-electron chi connectivity index (χ4n) is 3.63. The van der Waals surface area contributed by atoms with Crippen LogP contribution in [0.5, 0.6) is 5.75 Å². The van der Waals surface area contributed by atoms with Crippen LogP contribution in [0.4, 0.5) is 4.39 Å². The summed E-state index contributed by atoms with van der Waals surface area (Å²) in [5.74, 6) is -0.485. The minimum absolute atomic E-state index is 0.0444. The number of hydrogen-bond acceptors (Lipinski definition) is 7. The lowest BCUT2D eigenvalue weighted by atomic mass is 9.93. The number of halogens is 1. The number of carbonyl (C=O) groups is 1. The molecule has 0 aromatic heterocycles. The van der Waals surface area contributed by atoms with Gasteiger partial charge in [-0.05, 0) is 48.0 Å². The highest BCUT2D eigenvalue weighted by atomic mass is 32.2. The van der Waals surface area contributed by atoms with Gasteiger partial charge in [-0.3, -0.25) is 4.79 Å². The lowest BCUT2D eigenvalue weighted by Gasteiger charge is -2.30. The zero-order valence-corrected chi connectivity index (χ0v) is 20.3. The van der Waals surface area contributed by atoms with Crippen LogP contribution in [0.3, 0.4) is 0 Å². The summed E-state index contributed by atoms with van der Waals surface area (Å²) in [6, 6.07) is 11.9. The van der Waals surface area contributed by atoms with Crippen molar-refractivity contribution in [1.82, 2.24) is 9.62 Å². The van der Waals surface area contributed by atoms with Gasteiger partial charge in [0.05, 0.1) is 25.2 Å². The number of aliphatic hydroxyl groups excluding tert-OH is 1. The van der Waals surface area contributed by atoms with Gasteiger partial charge in [0.1, 0.15) is 11.6 Å². The number of amides is 1. The average molecular weight is 509 g/mol. The molecule has 0 aliphatic carbocycles. The lowest BCUT2D eigenvalue weighted by Crippen LogP contribution is -2.38. The van der Waals surface area contributed by atoms with Crippen molar-refractivity contribution in [3.05, 3.63) is 71.7 Å². The lowest BCUT2D eigenvalue weighted by molar-refractivity contribution is -0.146. The van der Waals surface area contributed by atoms with Crippen molar-refractivity contribution < 1.29 is 36.9 Å². The average Bonchev–Trinajstić information content (AvgIpc) is 2.88. The summed E-state index contributed by atoms with van der Waals surface area (Å²) in [6.45, 7) is -0.581. The standard InChI is InChI=1S/C24H29FN2O7S/c1-26-24(29)22-15-18(17-3-5-19(25)6-4-17)16-23(34-22)33-14-12-27(11-13-28)35(30,31)21-9-7-20(32-2)8-10-21/h3-10,15,18,23,28H,11-14,16H2,1-2H3,(H,26,29)/t18-,23+/m1/s1. The Hall–Kier alpha value is -2.99. The number of benzene rings is 2. The van der Waals surface area contributed by atoms with E-state index in [2.05, 4.69) is 5.32 Å². The summed E-state index contributed by atoms with van der Waals surface area (Å²) in [5, 5.41) is 11.9. The Kier molecular flexibility index (Phi) is 9.21. The third kappa shape index (κ3) is 6.79. The minimum atomic E-state index is -3.89. The summed E-state index contributed by atoms with van der Waals surface area (Å²) in [4.78, 5) is 12.3. The number of sulfonamides is 1. The minimum Gasteiger partial charge on any atom is -0.497 e. The highest BCUT2D eigenvalue weighted by Crippen LogP contribution is 2.31. The number of carbonyl (C=O) groups excluding carboxylic acids is 1. The summed E-state index contributed by atoms with van der Waals surface area (Å²) in [6.07, 6.45) is 1.16. The van der Waals surface area contributed by atoms with Gasteiger partial charge in [-0.1, -0.05) is 12.1 Å². The molecule has 0 saturated carbocycles. The molecule has 0 saturated heterocycles. The van der Waals surface area contributed by atoms with Crippen LogP contribution in [-0.2, 0) is 24.3 Å². The van der Waals surface area contributed by atoms with Gasteiger partial charge >= 0.3 is 0 Å². The van der Waals surface area contributed by atoms with Crippen LogP contribution in [0.25, 0.3) is 0 Å². The predicted molar refractivity (Wildman–Crippen MR) is 126 cm³/mol. The maximum absolute atomic E-state index is 13.3. The van der Waals surface area contributed by atoms with Crippen LogP contribution in [0, 0.1) is 5.82 Å². The van der Waals surface area contributed by atoms with E-state index in [0.717, 1.165) is 9.87 Å². The highest BCUT2D eigenvalue weighted by Gasteiger charge is 2.29. The molecule has 1 aliphatic rings. The molecular formula is C24H29FN2O7S. The van der Waals surface area contributed by atoms with E-state index in [0.29, 0.717) is 12.2 Å². The van der Waals surface area contributed by atoms with E-state index in [9.17, 15) is 22.7 Å². The van der Waals surface area contributed by atoms with Crippen molar-refractivity contribution in [2.24, 2.45) is 0 Å². The van der Waals surface area contributed by atoms with Gasteiger partial charge in [-0.15, -0.1) is 0 Å². The van der Waals surface area contributed by atoms with Crippen molar-refractivity contribution in [1.29, 1.82) is 0 Å². The molecule has 35 heavy (non-hydrogen) atoms. The molecule has 9 nitrogen and oxygen atoms in total. The Morgan fingerprint density at radius 2 is 1.86 bits per heavy atom. The molecule has 2 aromatic carbocycles. The van der Waals surface area contributed by atoms with Gasteiger partial charge in [0, 0.05) is 32.5 Å². The molecule has 0 fully saturated rings. The number of likely N-dealkylation sites (N-methyl/N-ethyl adjacent to an activating group) is 1. The third-order valence-electron chi connectivity index (χ3n) is 5.50. The van der Waals surface area contributed by atoms with E-state index < -0.39 is 22.2 Å². The molecule has 0 radical (unpaired) electrons. The van der Waals surface area contributed by atoms with Gasteiger partial charge in [0.15, 0.2) is 5.76 Å². The van der Waals surface area contributed by atoms with Gasteiger partial charge in [0.2, 0.25) is 16.3 Å². The molecular weight excluding hydrogens is 479 g/mol. The maximum Gasteiger partial charge on any atom is 0.285 e. The predicted octanol–water partition coefficient (Wildman–Crippen LogP) is 1.99. The third-order valence-corrected chi connectivity index (χ3v) is 7.41. The van der Waals surface area contributed by atoms with Crippen LogP contribution in [0.2, 0.25) is 0 Å². The normalized spacial score (nSPS) is 18.0. The van der Waals surface area contributed by atoms with Gasteiger partial charge in [-0.2, -0.15) is 4.31 Å². The van der Waals surface area contributed by atoms with Crippen molar-refractivity contribution in [2.75, 3.05) is 40.5 Å². The number of allylic oxidation sites excluding steroid dienone is 1. The van der Waals surface area contributed by atoms with E-state index in [4.69, 9.17) is 14.2 Å². The number of aliphatic hydroxyl groups is 1. The molecule has 2 aromatic rings. The monoisotopic (exact) mass is 508 g/mol. The van der Waals surface area contributed by atoms with Crippen LogP contribution in [-0.4, -0.2) is 70.5 Å². The van der Waals surface area contributed by atoms with E-state index in [1.54, 1.807) is 30.3 Å². The van der Waals surface area contributed by atoms with Crippen LogP contribution in [0.15, 0.2) is 65.3 Å². The molecule has 2 atom stereocenters. The molecule has 1 amide bonds. The Morgan fingerprint density at radius 3 is 2.46 bits per heavy atom. The first-order chi connectivity index (χ1) is 16.8. The highest BCUT2D eigenvalue weighted by molar-refractivity contribution is 7.89. The molecule has 2 N–H and O–H groups in total. The zero-order chi connectivity index (χ0) is 25.4. The van der Waals surface area contributed by atoms with E-state index in [1.807, 2.05) is 0 Å². The number of rotatable bonds is 11. The maximum atomic E-state index is 13.3. The van der Waals surface area contributed by atoms with Crippen molar-refractivity contribution in [3.8, 4) is 5.75 Å². The quantitative estimate of drug-likeness (QED) is 0.477. The van der Waals surface area contributed by atoms with Crippen LogP contribution >= 0.6 is 0 Å². The van der Waals surface area contributed by atoms with Gasteiger partial charge in [0.25, 0.3) is 5.91 Å². The second-order valence-corrected chi connectivity index (χ2v) is 9.66.